The van der Waals surface area contributed by atoms with Gasteiger partial charge in [0.25, 0.3) is 5.56 Å². The summed E-state index contributed by atoms with van der Waals surface area (Å²) in [6, 6.07) is 18.1. The number of halogens is 1. The SMILES string of the molecule is COc1ccc(C2C(C(=O)OC(C)C)=C(C)N=c3s/c(=C\c4ccc(-c5ccc(Br)cc5)o4)c(=O)n32)cc1. The molecule has 2 aromatic heterocycles. The summed E-state index contributed by atoms with van der Waals surface area (Å²) in [7, 11) is 1.59. The number of allylic oxidation sites excluding steroid dienone is 1. The molecule has 0 amide bonds. The van der Waals surface area contributed by atoms with Gasteiger partial charge in [-0.3, -0.25) is 9.36 Å². The lowest BCUT2D eigenvalue weighted by atomic mass is 9.96. The Hall–Kier alpha value is -3.69. The van der Waals surface area contributed by atoms with Crippen molar-refractivity contribution in [2.75, 3.05) is 7.11 Å². The zero-order valence-electron chi connectivity index (χ0n) is 21.2. The third-order valence-electron chi connectivity index (χ3n) is 6.04. The van der Waals surface area contributed by atoms with E-state index in [0.29, 0.717) is 37.9 Å². The van der Waals surface area contributed by atoms with E-state index in [0.717, 1.165) is 15.6 Å². The summed E-state index contributed by atoms with van der Waals surface area (Å²) in [6.45, 7) is 5.34. The fourth-order valence-corrected chi connectivity index (χ4v) is 5.58. The molecule has 38 heavy (non-hydrogen) atoms. The van der Waals surface area contributed by atoms with Crippen molar-refractivity contribution in [1.82, 2.24) is 4.57 Å². The maximum atomic E-state index is 13.8. The minimum Gasteiger partial charge on any atom is -0.497 e. The van der Waals surface area contributed by atoms with Gasteiger partial charge in [0.2, 0.25) is 0 Å². The molecule has 1 aliphatic heterocycles. The monoisotopic (exact) mass is 592 g/mol. The third kappa shape index (κ3) is 5.04. The number of nitrogens with zero attached hydrogens (tertiary/aromatic N) is 2. The van der Waals surface area contributed by atoms with Gasteiger partial charge in [0.1, 0.15) is 17.3 Å². The number of carbonyl (C=O) groups excluding carboxylic acids is 1. The van der Waals surface area contributed by atoms with Gasteiger partial charge in [-0.1, -0.05) is 51.5 Å². The molecule has 194 valence electrons. The van der Waals surface area contributed by atoms with Crippen molar-refractivity contribution in [2.45, 2.75) is 32.9 Å². The number of esters is 1. The average Bonchev–Trinajstić information content (AvgIpc) is 3.47. The van der Waals surface area contributed by atoms with Crippen molar-refractivity contribution in [3.8, 4) is 17.1 Å². The third-order valence-corrected chi connectivity index (χ3v) is 7.56. The Kier molecular flexibility index (Phi) is 7.23. The molecule has 0 saturated heterocycles. The Labute approximate surface area is 231 Å². The van der Waals surface area contributed by atoms with Gasteiger partial charge in [0, 0.05) is 16.1 Å². The van der Waals surface area contributed by atoms with Crippen LogP contribution < -0.4 is 19.6 Å². The van der Waals surface area contributed by atoms with E-state index in [4.69, 9.17) is 13.9 Å². The van der Waals surface area contributed by atoms with Crippen molar-refractivity contribution < 1.29 is 18.7 Å². The van der Waals surface area contributed by atoms with E-state index in [2.05, 4.69) is 20.9 Å². The molecule has 0 spiro atoms. The van der Waals surface area contributed by atoms with Crippen molar-refractivity contribution in [1.29, 1.82) is 0 Å². The van der Waals surface area contributed by atoms with E-state index < -0.39 is 12.0 Å². The molecule has 1 aliphatic rings. The molecule has 9 heteroatoms. The lowest BCUT2D eigenvalue weighted by Gasteiger charge is -2.25. The summed E-state index contributed by atoms with van der Waals surface area (Å²) >= 11 is 4.69. The molecule has 4 aromatic rings. The molecule has 0 N–H and O–H groups in total. The summed E-state index contributed by atoms with van der Waals surface area (Å²) in [5.74, 6) is 1.42. The van der Waals surface area contributed by atoms with Gasteiger partial charge in [-0.15, -0.1) is 0 Å². The minimum atomic E-state index is -0.694. The summed E-state index contributed by atoms with van der Waals surface area (Å²) in [5.41, 5.74) is 2.26. The number of benzene rings is 2. The van der Waals surface area contributed by atoms with Crippen LogP contribution in [0.3, 0.4) is 0 Å². The van der Waals surface area contributed by atoms with Gasteiger partial charge in [0.15, 0.2) is 4.80 Å². The van der Waals surface area contributed by atoms with Crippen LogP contribution in [-0.4, -0.2) is 23.8 Å². The van der Waals surface area contributed by atoms with E-state index >= 15 is 0 Å². The van der Waals surface area contributed by atoms with Gasteiger partial charge in [0.05, 0.1) is 35.1 Å². The first-order valence-electron chi connectivity index (χ1n) is 12.0. The maximum Gasteiger partial charge on any atom is 0.338 e. The first-order chi connectivity index (χ1) is 18.2. The Balaban J connectivity index is 1.62. The molecular weight excluding hydrogens is 568 g/mol. The van der Waals surface area contributed by atoms with Crippen molar-refractivity contribution in [3.05, 3.63) is 107 Å². The van der Waals surface area contributed by atoms with Crippen molar-refractivity contribution in [2.24, 2.45) is 4.99 Å². The highest BCUT2D eigenvalue weighted by Crippen LogP contribution is 2.32. The first-order valence-corrected chi connectivity index (χ1v) is 13.6. The molecule has 0 fully saturated rings. The smallest absolute Gasteiger partial charge is 0.338 e. The summed E-state index contributed by atoms with van der Waals surface area (Å²) in [4.78, 5) is 32.1. The molecule has 3 heterocycles. The molecule has 2 aromatic carbocycles. The molecule has 1 atom stereocenters. The van der Waals surface area contributed by atoms with E-state index in [-0.39, 0.29) is 11.7 Å². The molecule has 5 rings (SSSR count). The second kappa shape index (κ2) is 10.6. The van der Waals surface area contributed by atoms with Gasteiger partial charge in [-0.25, -0.2) is 9.79 Å². The maximum absolute atomic E-state index is 13.8. The van der Waals surface area contributed by atoms with Gasteiger partial charge in [-0.2, -0.15) is 0 Å². The van der Waals surface area contributed by atoms with Crippen LogP contribution in [0.5, 0.6) is 5.75 Å². The largest absolute Gasteiger partial charge is 0.497 e. The summed E-state index contributed by atoms with van der Waals surface area (Å²) < 4.78 is 19.9. The van der Waals surface area contributed by atoms with Crippen LogP contribution in [0.2, 0.25) is 0 Å². The Bertz CT molecular complexity index is 1710. The summed E-state index contributed by atoms with van der Waals surface area (Å²) in [6.07, 6.45) is 1.39. The number of hydrogen-bond donors (Lipinski definition) is 0. The van der Waals surface area contributed by atoms with Crippen LogP contribution in [0.1, 0.15) is 38.1 Å². The normalized spacial score (nSPS) is 15.4. The van der Waals surface area contributed by atoms with Crippen LogP contribution in [0, 0.1) is 0 Å². The van der Waals surface area contributed by atoms with E-state index in [1.165, 1.54) is 11.3 Å². The molecule has 0 radical (unpaired) electrons. The van der Waals surface area contributed by atoms with Crippen molar-refractivity contribution >= 4 is 39.3 Å². The Morgan fingerprint density at radius 1 is 1.11 bits per heavy atom. The van der Waals surface area contributed by atoms with E-state index in [1.807, 2.05) is 48.5 Å². The number of furan rings is 1. The van der Waals surface area contributed by atoms with Crippen LogP contribution in [0.25, 0.3) is 17.4 Å². The number of thiazole rings is 1. The summed E-state index contributed by atoms with van der Waals surface area (Å²) in [5, 5.41) is 0. The molecule has 0 aliphatic carbocycles. The highest BCUT2D eigenvalue weighted by Gasteiger charge is 2.33. The molecular formula is C29H25BrN2O5S. The lowest BCUT2D eigenvalue weighted by Crippen LogP contribution is -2.40. The molecule has 1 unspecified atom stereocenters. The second-order valence-electron chi connectivity index (χ2n) is 9.02. The van der Waals surface area contributed by atoms with Crippen molar-refractivity contribution in [3.63, 3.8) is 0 Å². The predicted octanol–water partition coefficient (Wildman–Crippen LogP) is 5.22. The van der Waals surface area contributed by atoms with Gasteiger partial charge < -0.3 is 13.9 Å². The fourth-order valence-electron chi connectivity index (χ4n) is 4.29. The number of carbonyl (C=O) groups is 1. The number of ether oxygens (including phenoxy) is 2. The first kappa shape index (κ1) is 25.9. The molecule has 0 bridgehead atoms. The molecule has 7 nitrogen and oxygen atoms in total. The number of methoxy groups -OCH3 is 1. The van der Waals surface area contributed by atoms with Crippen LogP contribution in [-0.2, 0) is 9.53 Å². The lowest BCUT2D eigenvalue weighted by molar-refractivity contribution is -0.143. The molecule has 0 saturated carbocycles. The van der Waals surface area contributed by atoms with E-state index in [9.17, 15) is 9.59 Å². The Morgan fingerprint density at radius 3 is 2.47 bits per heavy atom. The highest BCUT2D eigenvalue weighted by molar-refractivity contribution is 9.10. The quantitative estimate of drug-likeness (QED) is 0.287. The fraction of sp³-hybridized carbons (Fsp3) is 0.207. The van der Waals surface area contributed by atoms with Crippen LogP contribution >= 0.6 is 27.3 Å². The average molecular weight is 593 g/mol. The standard InChI is InChI=1S/C29H25BrN2O5S/c1-16(2)36-28(34)25-17(3)31-29-32(26(25)19-7-11-21(35-4)12-8-19)27(33)24(38-29)15-22-13-14-23(37-22)18-5-9-20(30)10-6-18/h5-16,26H,1-4H3/b24-15-. The number of hydrogen-bond acceptors (Lipinski definition) is 7. The number of rotatable bonds is 6. The topological polar surface area (TPSA) is 83.0 Å². The second-order valence-corrected chi connectivity index (χ2v) is 10.9. The number of aromatic nitrogens is 1. The predicted molar refractivity (Wildman–Crippen MR) is 150 cm³/mol. The zero-order valence-corrected chi connectivity index (χ0v) is 23.6. The van der Waals surface area contributed by atoms with Gasteiger partial charge >= 0.3 is 5.97 Å². The number of fused-ring (bicyclic) bond motifs is 1. The minimum absolute atomic E-state index is 0.265. The highest BCUT2D eigenvalue weighted by atomic mass is 79.9. The van der Waals surface area contributed by atoms with Crippen LogP contribution in [0.15, 0.2) is 90.6 Å². The zero-order chi connectivity index (χ0) is 27.0. The Morgan fingerprint density at radius 2 is 1.82 bits per heavy atom. The van der Waals surface area contributed by atoms with E-state index in [1.54, 1.807) is 50.7 Å². The van der Waals surface area contributed by atoms with Crippen LogP contribution in [0.4, 0.5) is 0 Å². The van der Waals surface area contributed by atoms with Gasteiger partial charge in [-0.05, 0) is 62.7 Å².